The van der Waals surface area contributed by atoms with E-state index in [9.17, 15) is 14.4 Å². The monoisotopic (exact) mass is 532 g/mol. The molecule has 0 bridgehead atoms. The van der Waals surface area contributed by atoms with Gasteiger partial charge in [0.05, 0.1) is 13.3 Å². The Kier molecular flexibility index (Phi) is 5.75. The van der Waals surface area contributed by atoms with E-state index in [0.717, 1.165) is 18.4 Å². The third-order valence-corrected chi connectivity index (χ3v) is 8.13. The quantitative estimate of drug-likeness (QED) is 0.427. The first kappa shape index (κ1) is 25.4. The van der Waals surface area contributed by atoms with Crippen LogP contribution in [0.5, 0.6) is 5.75 Å². The number of methoxy groups -OCH3 is 1. The van der Waals surface area contributed by atoms with Gasteiger partial charge >= 0.3 is 17.9 Å². The minimum absolute atomic E-state index is 0.451. The van der Waals surface area contributed by atoms with Gasteiger partial charge in [-0.2, -0.15) is 5.10 Å². The van der Waals surface area contributed by atoms with Gasteiger partial charge in [0.25, 0.3) is 5.79 Å². The highest BCUT2D eigenvalue weighted by Crippen LogP contribution is 2.63. The largest absolute Gasteiger partial charge is 0.497 e. The van der Waals surface area contributed by atoms with Gasteiger partial charge in [0, 0.05) is 18.8 Å². The lowest BCUT2D eigenvalue weighted by molar-refractivity contribution is -0.263. The van der Waals surface area contributed by atoms with Crippen molar-refractivity contribution in [1.29, 1.82) is 0 Å². The van der Waals surface area contributed by atoms with Gasteiger partial charge in [0.1, 0.15) is 17.4 Å². The van der Waals surface area contributed by atoms with E-state index in [4.69, 9.17) is 18.9 Å². The molecule has 3 atom stereocenters. The number of hydrazone groups is 1. The Morgan fingerprint density at radius 2 is 1.64 bits per heavy atom. The van der Waals surface area contributed by atoms with Crippen LogP contribution in [0.3, 0.4) is 0 Å². The second kappa shape index (κ2) is 8.83. The van der Waals surface area contributed by atoms with Crippen LogP contribution in [0.15, 0.2) is 53.6 Å². The van der Waals surface area contributed by atoms with Gasteiger partial charge in [0.2, 0.25) is 5.41 Å². The molecule has 4 aliphatic rings. The van der Waals surface area contributed by atoms with Crippen LogP contribution in [0.1, 0.15) is 75.1 Å². The molecule has 1 saturated carbocycles. The number of hydrogen-bond donors (Lipinski definition) is 0. The van der Waals surface area contributed by atoms with E-state index in [-0.39, 0.29) is 0 Å². The zero-order valence-corrected chi connectivity index (χ0v) is 22.5. The predicted molar refractivity (Wildman–Crippen MR) is 140 cm³/mol. The lowest BCUT2D eigenvalue weighted by Gasteiger charge is -2.45. The summed E-state index contributed by atoms with van der Waals surface area (Å²) in [4.78, 5) is 42.8. The Bertz CT molecular complexity index is 1330. The van der Waals surface area contributed by atoms with Gasteiger partial charge in [-0.05, 0) is 62.4 Å². The Labute approximate surface area is 227 Å². The van der Waals surface area contributed by atoms with Crippen LogP contribution in [-0.4, -0.2) is 53.7 Å². The second-order valence-corrected chi connectivity index (χ2v) is 11.7. The molecule has 9 nitrogen and oxygen atoms in total. The number of fused-ring (bicyclic) bond motifs is 4. The molecule has 2 aromatic rings. The molecular formula is C30H32N2O7. The highest BCUT2D eigenvalue weighted by Gasteiger charge is 2.76. The molecule has 0 aromatic heterocycles. The van der Waals surface area contributed by atoms with E-state index in [1.54, 1.807) is 63.4 Å². The first-order chi connectivity index (χ1) is 18.6. The maximum absolute atomic E-state index is 14.4. The maximum Gasteiger partial charge on any atom is 0.331 e. The highest BCUT2D eigenvalue weighted by molar-refractivity contribution is 6.06. The van der Waals surface area contributed by atoms with Gasteiger partial charge in [-0.15, -0.1) is 0 Å². The Hall–Kier alpha value is -3.88. The smallest absolute Gasteiger partial charge is 0.331 e. The van der Waals surface area contributed by atoms with Crippen molar-refractivity contribution >= 4 is 24.1 Å². The van der Waals surface area contributed by atoms with Crippen molar-refractivity contribution in [1.82, 2.24) is 5.01 Å². The number of rotatable bonds is 3. The molecule has 204 valence electrons. The van der Waals surface area contributed by atoms with E-state index in [1.807, 2.05) is 24.3 Å². The molecule has 0 radical (unpaired) electrons. The highest BCUT2D eigenvalue weighted by atomic mass is 16.7. The first-order valence-electron chi connectivity index (χ1n) is 13.3. The maximum atomic E-state index is 14.4. The van der Waals surface area contributed by atoms with Gasteiger partial charge in [-0.3, -0.25) is 14.6 Å². The molecular weight excluding hydrogens is 500 g/mol. The van der Waals surface area contributed by atoms with Crippen LogP contribution in [0.25, 0.3) is 0 Å². The summed E-state index contributed by atoms with van der Waals surface area (Å²) in [5.74, 6) is -3.67. The summed E-state index contributed by atoms with van der Waals surface area (Å²) in [5, 5.41) is 6.19. The summed E-state index contributed by atoms with van der Waals surface area (Å²) in [6.07, 6.45) is 4.13. The average molecular weight is 533 g/mol. The molecule has 9 heteroatoms. The van der Waals surface area contributed by atoms with E-state index >= 15 is 0 Å². The molecule has 3 fully saturated rings. The van der Waals surface area contributed by atoms with E-state index in [1.165, 1.54) is 0 Å². The number of esters is 3. The summed E-state index contributed by atoms with van der Waals surface area (Å²) < 4.78 is 23.4. The first-order valence-corrected chi connectivity index (χ1v) is 13.3. The van der Waals surface area contributed by atoms with E-state index in [0.29, 0.717) is 29.7 Å². The third-order valence-electron chi connectivity index (χ3n) is 8.13. The third kappa shape index (κ3) is 3.81. The van der Waals surface area contributed by atoms with Crippen molar-refractivity contribution in [3.05, 3.63) is 65.2 Å². The minimum atomic E-state index is -1.90. The van der Waals surface area contributed by atoms with Crippen molar-refractivity contribution in [2.75, 3.05) is 7.11 Å². The number of benzene rings is 2. The zero-order chi connectivity index (χ0) is 27.6. The summed E-state index contributed by atoms with van der Waals surface area (Å²) in [7, 11) is 1.55. The molecule has 2 spiro atoms. The van der Waals surface area contributed by atoms with Gasteiger partial charge in [-0.1, -0.05) is 36.4 Å². The molecule has 3 aliphatic heterocycles. The van der Waals surface area contributed by atoms with Crippen molar-refractivity contribution < 1.29 is 33.3 Å². The molecule has 0 N–H and O–H groups in total. The number of carbonyl (C=O) groups excluding carboxylic acids is 3. The van der Waals surface area contributed by atoms with Crippen molar-refractivity contribution in [2.24, 2.45) is 10.5 Å². The minimum Gasteiger partial charge on any atom is -0.497 e. The van der Waals surface area contributed by atoms with Crippen molar-refractivity contribution in [2.45, 2.75) is 75.8 Å². The molecule has 2 aromatic carbocycles. The van der Waals surface area contributed by atoms with Crippen molar-refractivity contribution in [3.8, 4) is 5.75 Å². The van der Waals surface area contributed by atoms with Crippen molar-refractivity contribution in [3.63, 3.8) is 0 Å². The predicted octanol–water partition coefficient (Wildman–Crippen LogP) is 4.25. The van der Waals surface area contributed by atoms with Gasteiger partial charge in [-0.25, -0.2) is 4.79 Å². The Morgan fingerprint density at radius 3 is 2.26 bits per heavy atom. The fourth-order valence-corrected chi connectivity index (χ4v) is 6.54. The number of ether oxygens (including phenoxy) is 4. The number of hydrogen-bond acceptors (Lipinski definition) is 9. The summed E-state index contributed by atoms with van der Waals surface area (Å²) in [6, 6.07) is 12.4. The standard InChI is InChI=1S/C30H32N2O7/c1-28(2,3)37-25(33)23-22(18-11-13-20(36-4)14-12-18)30(24-21-10-6-5-9-19(21)17-31-32(23)24)26(34)38-29(39-27(30)35)15-7-8-16-29/h5-6,9-14,17,22-24H,7-8,15-16H2,1-4H3/t22-,23+,24-/m0/s1. The summed E-state index contributed by atoms with van der Waals surface area (Å²) in [6.45, 7) is 5.33. The van der Waals surface area contributed by atoms with Crippen LogP contribution >= 0.6 is 0 Å². The summed E-state index contributed by atoms with van der Waals surface area (Å²) in [5.41, 5.74) is -0.708. The number of carbonyl (C=O) groups is 3. The second-order valence-electron chi connectivity index (χ2n) is 11.7. The molecule has 1 aliphatic carbocycles. The molecule has 39 heavy (non-hydrogen) atoms. The lowest BCUT2D eigenvalue weighted by Crippen LogP contribution is -2.59. The summed E-state index contributed by atoms with van der Waals surface area (Å²) >= 11 is 0. The van der Waals surface area contributed by atoms with Gasteiger partial charge in [0.15, 0.2) is 6.04 Å². The fraction of sp³-hybridized carbons (Fsp3) is 0.467. The molecule has 0 amide bonds. The van der Waals surface area contributed by atoms with Gasteiger partial charge < -0.3 is 18.9 Å². The molecule has 2 saturated heterocycles. The molecule has 3 heterocycles. The SMILES string of the molecule is COc1ccc([C@H]2[C@H](C(=O)OC(C)(C)C)N3N=Cc4ccccc4[C@H]3C23C(=O)OC2(CCCC2)OC3=O)cc1. The van der Waals surface area contributed by atoms with Crippen LogP contribution in [0, 0.1) is 5.41 Å². The molecule has 0 unspecified atom stereocenters. The normalized spacial score (nSPS) is 26.2. The topological polar surface area (TPSA) is 104 Å². The Morgan fingerprint density at radius 1 is 1.00 bits per heavy atom. The zero-order valence-electron chi connectivity index (χ0n) is 22.5. The Balaban J connectivity index is 1.60. The van der Waals surface area contributed by atoms with Crippen LogP contribution in [-0.2, 0) is 28.6 Å². The number of nitrogens with zero attached hydrogens (tertiary/aromatic N) is 2. The van der Waals surface area contributed by atoms with Crippen LogP contribution < -0.4 is 4.74 Å². The van der Waals surface area contributed by atoms with Crippen LogP contribution in [0.4, 0.5) is 0 Å². The lowest BCUT2D eigenvalue weighted by atomic mass is 9.65. The van der Waals surface area contributed by atoms with E-state index in [2.05, 4.69) is 5.10 Å². The van der Waals surface area contributed by atoms with E-state index < -0.39 is 52.7 Å². The molecule has 6 rings (SSSR count). The average Bonchev–Trinajstić information content (AvgIpc) is 3.47. The fourth-order valence-electron chi connectivity index (χ4n) is 6.54. The van der Waals surface area contributed by atoms with Crippen LogP contribution in [0.2, 0.25) is 0 Å².